The van der Waals surface area contributed by atoms with Crippen LogP contribution >= 0.6 is 0 Å². The summed E-state index contributed by atoms with van der Waals surface area (Å²) >= 11 is 0. The van der Waals surface area contributed by atoms with Gasteiger partial charge in [0, 0.05) is 12.6 Å². The smallest absolute Gasteiger partial charge is 0.133 e. The van der Waals surface area contributed by atoms with Crippen LogP contribution in [0.25, 0.3) is 11.4 Å². The first-order valence-electron chi connectivity index (χ1n) is 7.07. The Balaban J connectivity index is 1.98. The van der Waals surface area contributed by atoms with Crippen molar-refractivity contribution in [1.29, 1.82) is 0 Å². The Morgan fingerprint density at radius 1 is 1.42 bits per heavy atom. The standard InChI is InChI=1S/C14H21N5/c1-3-4-7-18-10(2)17-13(14(18)15)12-8-16-9-19(12)11-5-6-11/h8-9,11H,3-7,15H2,1-2H3. The highest BCUT2D eigenvalue weighted by Crippen LogP contribution is 2.39. The van der Waals surface area contributed by atoms with E-state index in [0.717, 1.165) is 42.4 Å². The fourth-order valence-electron chi connectivity index (χ4n) is 2.50. The van der Waals surface area contributed by atoms with Crippen LogP contribution in [0.3, 0.4) is 0 Å². The molecule has 3 rings (SSSR count). The number of rotatable bonds is 5. The second kappa shape index (κ2) is 4.72. The van der Waals surface area contributed by atoms with Crippen LogP contribution in [-0.2, 0) is 6.54 Å². The average molecular weight is 259 g/mol. The zero-order chi connectivity index (χ0) is 13.4. The van der Waals surface area contributed by atoms with E-state index in [4.69, 9.17) is 5.73 Å². The summed E-state index contributed by atoms with van der Waals surface area (Å²) in [5, 5.41) is 0. The Labute approximate surface area is 113 Å². The molecule has 102 valence electrons. The van der Waals surface area contributed by atoms with Crippen molar-refractivity contribution in [2.75, 3.05) is 5.73 Å². The third-order valence-corrected chi connectivity index (χ3v) is 3.78. The van der Waals surface area contributed by atoms with Crippen LogP contribution < -0.4 is 5.73 Å². The Kier molecular flexibility index (Phi) is 3.05. The molecule has 1 aliphatic rings. The van der Waals surface area contributed by atoms with E-state index < -0.39 is 0 Å². The van der Waals surface area contributed by atoms with Crippen molar-refractivity contribution in [3.63, 3.8) is 0 Å². The molecule has 2 aromatic heterocycles. The van der Waals surface area contributed by atoms with Crippen molar-refractivity contribution in [2.24, 2.45) is 0 Å². The van der Waals surface area contributed by atoms with E-state index in [2.05, 4.69) is 26.0 Å². The minimum atomic E-state index is 0.595. The lowest BCUT2D eigenvalue weighted by molar-refractivity contribution is 0.622. The van der Waals surface area contributed by atoms with Crippen LogP contribution in [-0.4, -0.2) is 19.1 Å². The third kappa shape index (κ3) is 2.13. The number of nitrogens with two attached hydrogens (primary N) is 1. The quantitative estimate of drug-likeness (QED) is 0.898. The number of unbranched alkanes of at least 4 members (excludes halogenated alkanes) is 1. The zero-order valence-corrected chi connectivity index (χ0v) is 11.6. The largest absolute Gasteiger partial charge is 0.383 e. The number of aryl methyl sites for hydroxylation is 1. The first-order valence-corrected chi connectivity index (χ1v) is 7.07. The lowest BCUT2D eigenvalue weighted by Crippen LogP contribution is -2.05. The van der Waals surface area contributed by atoms with Crippen molar-refractivity contribution in [3.8, 4) is 11.4 Å². The van der Waals surface area contributed by atoms with E-state index in [1.165, 1.54) is 12.8 Å². The molecule has 5 nitrogen and oxygen atoms in total. The van der Waals surface area contributed by atoms with E-state index in [9.17, 15) is 0 Å². The Morgan fingerprint density at radius 3 is 2.89 bits per heavy atom. The highest BCUT2D eigenvalue weighted by Gasteiger charge is 2.27. The molecule has 5 heteroatoms. The van der Waals surface area contributed by atoms with E-state index in [1.54, 1.807) is 0 Å². The summed E-state index contributed by atoms with van der Waals surface area (Å²) in [6.45, 7) is 5.15. The maximum atomic E-state index is 6.28. The van der Waals surface area contributed by atoms with Crippen LogP contribution in [0.2, 0.25) is 0 Å². The molecular weight excluding hydrogens is 238 g/mol. The van der Waals surface area contributed by atoms with Gasteiger partial charge < -0.3 is 14.9 Å². The molecule has 1 saturated carbocycles. The second-order valence-electron chi connectivity index (χ2n) is 5.32. The van der Waals surface area contributed by atoms with Gasteiger partial charge in [0.2, 0.25) is 0 Å². The molecule has 19 heavy (non-hydrogen) atoms. The summed E-state index contributed by atoms with van der Waals surface area (Å²) in [5.41, 5.74) is 8.23. The van der Waals surface area contributed by atoms with Gasteiger partial charge in [-0.2, -0.15) is 0 Å². The van der Waals surface area contributed by atoms with E-state index in [0.29, 0.717) is 6.04 Å². The monoisotopic (exact) mass is 259 g/mol. The molecule has 0 aromatic carbocycles. The summed E-state index contributed by atoms with van der Waals surface area (Å²) in [5.74, 6) is 1.76. The van der Waals surface area contributed by atoms with Crippen LogP contribution in [0, 0.1) is 6.92 Å². The molecule has 0 saturated heterocycles. The maximum absolute atomic E-state index is 6.28. The van der Waals surface area contributed by atoms with Gasteiger partial charge >= 0.3 is 0 Å². The van der Waals surface area contributed by atoms with Crippen molar-refractivity contribution >= 4 is 5.82 Å². The van der Waals surface area contributed by atoms with Crippen molar-refractivity contribution < 1.29 is 0 Å². The highest BCUT2D eigenvalue weighted by molar-refractivity contribution is 5.68. The number of anilines is 1. The first kappa shape index (κ1) is 12.3. The van der Waals surface area contributed by atoms with Gasteiger partial charge in [-0.25, -0.2) is 9.97 Å². The van der Waals surface area contributed by atoms with Gasteiger partial charge in [-0.05, 0) is 26.2 Å². The fraction of sp³-hybridized carbons (Fsp3) is 0.571. The maximum Gasteiger partial charge on any atom is 0.133 e. The summed E-state index contributed by atoms with van der Waals surface area (Å²) in [6, 6.07) is 0.595. The molecule has 1 fully saturated rings. The summed E-state index contributed by atoms with van der Waals surface area (Å²) in [6.07, 6.45) is 8.53. The first-order chi connectivity index (χ1) is 9.22. The lowest BCUT2D eigenvalue weighted by atomic mass is 10.3. The molecule has 1 aliphatic carbocycles. The second-order valence-corrected chi connectivity index (χ2v) is 5.32. The van der Waals surface area contributed by atoms with Crippen molar-refractivity contribution in [2.45, 2.75) is 52.1 Å². The number of aromatic nitrogens is 4. The summed E-state index contributed by atoms with van der Waals surface area (Å²) < 4.78 is 4.32. The molecule has 2 aromatic rings. The van der Waals surface area contributed by atoms with Gasteiger partial charge in [0.05, 0.1) is 18.2 Å². The molecule has 0 bridgehead atoms. The van der Waals surface area contributed by atoms with Crippen molar-refractivity contribution in [3.05, 3.63) is 18.3 Å². The Bertz CT molecular complexity index is 577. The molecule has 0 amide bonds. The van der Waals surface area contributed by atoms with E-state index in [1.807, 2.05) is 19.4 Å². The third-order valence-electron chi connectivity index (χ3n) is 3.78. The number of nitrogen functional groups attached to an aromatic ring is 1. The van der Waals surface area contributed by atoms with Crippen LogP contribution in [0.15, 0.2) is 12.5 Å². The molecule has 0 radical (unpaired) electrons. The van der Waals surface area contributed by atoms with Gasteiger partial charge in [-0.3, -0.25) is 0 Å². The molecule has 0 unspecified atom stereocenters. The predicted octanol–water partition coefficient (Wildman–Crippen LogP) is 2.77. The van der Waals surface area contributed by atoms with Gasteiger partial charge in [0.1, 0.15) is 17.3 Å². The summed E-state index contributed by atoms with van der Waals surface area (Å²) in [7, 11) is 0. The topological polar surface area (TPSA) is 61.7 Å². The van der Waals surface area contributed by atoms with E-state index in [-0.39, 0.29) is 0 Å². The SMILES string of the molecule is CCCCn1c(C)nc(-c2cncn2C2CC2)c1N. The van der Waals surface area contributed by atoms with Gasteiger partial charge in [-0.15, -0.1) is 0 Å². The van der Waals surface area contributed by atoms with Crippen LogP contribution in [0.1, 0.15) is 44.5 Å². The molecule has 0 spiro atoms. The summed E-state index contributed by atoms with van der Waals surface area (Å²) in [4.78, 5) is 8.91. The Morgan fingerprint density at radius 2 is 2.21 bits per heavy atom. The van der Waals surface area contributed by atoms with Gasteiger partial charge in [-0.1, -0.05) is 13.3 Å². The van der Waals surface area contributed by atoms with Crippen LogP contribution in [0.5, 0.6) is 0 Å². The highest BCUT2D eigenvalue weighted by atomic mass is 15.2. The van der Waals surface area contributed by atoms with Crippen molar-refractivity contribution in [1.82, 2.24) is 19.1 Å². The van der Waals surface area contributed by atoms with E-state index >= 15 is 0 Å². The zero-order valence-electron chi connectivity index (χ0n) is 11.6. The van der Waals surface area contributed by atoms with Gasteiger partial charge in [0.15, 0.2) is 0 Å². The minimum Gasteiger partial charge on any atom is -0.383 e. The fourth-order valence-corrected chi connectivity index (χ4v) is 2.50. The molecular formula is C14H21N5. The molecule has 2 N–H and O–H groups in total. The lowest BCUT2D eigenvalue weighted by Gasteiger charge is -2.07. The predicted molar refractivity (Wildman–Crippen MR) is 75.8 cm³/mol. The number of hydrogen-bond donors (Lipinski definition) is 1. The number of nitrogens with zero attached hydrogens (tertiary/aromatic N) is 4. The molecule has 2 heterocycles. The van der Waals surface area contributed by atoms with Crippen LogP contribution in [0.4, 0.5) is 5.82 Å². The Hall–Kier alpha value is -1.78. The average Bonchev–Trinajstić information content (AvgIpc) is 3.06. The molecule has 0 atom stereocenters. The van der Waals surface area contributed by atoms with Gasteiger partial charge in [0.25, 0.3) is 0 Å². The molecule has 0 aliphatic heterocycles. The number of imidazole rings is 2. The number of hydrogen-bond acceptors (Lipinski definition) is 3. The minimum absolute atomic E-state index is 0.595. The normalized spacial score (nSPS) is 15.1.